The summed E-state index contributed by atoms with van der Waals surface area (Å²) < 4.78 is 23.4. The lowest BCUT2D eigenvalue weighted by Crippen LogP contribution is -2.61. The quantitative estimate of drug-likeness (QED) is 0.121. The van der Waals surface area contributed by atoms with E-state index in [0.717, 1.165) is 12.1 Å². The van der Waals surface area contributed by atoms with Gasteiger partial charge in [-0.1, -0.05) is 36.4 Å². The largest absolute Gasteiger partial charge is 0.508 e. The summed E-state index contributed by atoms with van der Waals surface area (Å²) >= 11 is 0. The Balaban J connectivity index is 1.45. The summed E-state index contributed by atoms with van der Waals surface area (Å²) in [5, 5.41) is 71.5. The number of aliphatic hydroxyl groups excluding tert-OH is 3. The van der Waals surface area contributed by atoms with Crippen LogP contribution in [0.1, 0.15) is 22.8 Å². The Morgan fingerprint density at radius 2 is 1.69 bits per heavy atom. The number of ether oxygens (including phenoxy) is 4. The maximum Gasteiger partial charge on any atom is 0.331 e. The molecule has 0 saturated carbocycles. The topological polar surface area (TPSA) is 196 Å². The van der Waals surface area contributed by atoms with Gasteiger partial charge in [0, 0.05) is 30.2 Å². The lowest BCUT2D eigenvalue weighted by molar-refractivity contribution is -0.318. The number of rotatable bonds is 7. The van der Waals surface area contributed by atoms with Gasteiger partial charge >= 0.3 is 5.97 Å². The van der Waals surface area contributed by atoms with E-state index < -0.39 is 61.2 Å². The van der Waals surface area contributed by atoms with Crippen LogP contribution in [0.4, 0.5) is 0 Å². The second-order valence-electron chi connectivity index (χ2n) is 9.96. The zero-order chi connectivity index (χ0) is 30.0. The van der Waals surface area contributed by atoms with Crippen molar-refractivity contribution in [3.05, 3.63) is 83.4 Å². The predicted octanol–water partition coefficient (Wildman–Crippen LogP) is 1.63. The zero-order valence-corrected chi connectivity index (χ0v) is 22.1. The number of hydrogen-bond acceptors (Lipinski definition) is 12. The van der Waals surface area contributed by atoms with Crippen LogP contribution in [0.15, 0.2) is 66.7 Å². The molecule has 0 radical (unpaired) electrons. The molecule has 3 aromatic carbocycles. The van der Waals surface area contributed by atoms with Gasteiger partial charge in [-0.2, -0.15) is 0 Å². The van der Waals surface area contributed by atoms with Crippen LogP contribution in [0.3, 0.4) is 0 Å². The van der Waals surface area contributed by atoms with E-state index in [1.54, 1.807) is 24.3 Å². The molecule has 2 aliphatic heterocycles. The molecule has 42 heavy (non-hydrogen) atoms. The van der Waals surface area contributed by atoms with Crippen LogP contribution in [0.5, 0.6) is 28.7 Å². The molecule has 12 nitrogen and oxygen atoms in total. The van der Waals surface area contributed by atoms with Crippen LogP contribution in [-0.4, -0.2) is 85.1 Å². The van der Waals surface area contributed by atoms with Crippen molar-refractivity contribution in [3.63, 3.8) is 0 Å². The number of benzene rings is 3. The molecule has 0 spiro atoms. The van der Waals surface area contributed by atoms with Crippen molar-refractivity contribution in [2.45, 2.75) is 49.3 Å². The number of fused-ring (bicyclic) bond motifs is 1. The summed E-state index contributed by atoms with van der Waals surface area (Å²) in [4.78, 5) is 12.7. The summed E-state index contributed by atoms with van der Waals surface area (Å²) in [6.45, 7) is -0.689. The van der Waals surface area contributed by atoms with Crippen LogP contribution in [0.25, 0.3) is 6.08 Å². The van der Waals surface area contributed by atoms with E-state index in [2.05, 4.69) is 0 Å². The van der Waals surface area contributed by atoms with Crippen LogP contribution in [0, 0.1) is 0 Å². The molecule has 1 fully saturated rings. The van der Waals surface area contributed by atoms with E-state index in [1.165, 1.54) is 30.3 Å². The van der Waals surface area contributed by atoms with E-state index in [9.17, 15) is 40.5 Å². The number of phenols is 4. The maximum absolute atomic E-state index is 12.7. The van der Waals surface area contributed by atoms with Crippen molar-refractivity contribution in [3.8, 4) is 28.7 Å². The van der Waals surface area contributed by atoms with E-state index in [0.29, 0.717) is 11.1 Å². The molecule has 1 saturated heterocycles. The van der Waals surface area contributed by atoms with Crippen molar-refractivity contribution >= 4 is 12.0 Å². The Hall–Kier alpha value is -4.33. The SMILES string of the molecule is O=C(/C=C\c1ccccc1)O[C@H]1[C@H](O[C@H]2Cc3c(O)cc(O)cc3O[C@@H]2c2ccc(O)c(O)c2)O[C@H](CO)[C@@H](O)[C@@H]1O. The van der Waals surface area contributed by atoms with Gasteiger partial charge in [0.25, 0.3) is 0 Å². The molecule has 3 aromatic rings. The number of aliphatic hydroxyl groups is 3. The van der Waals surface area contributed by atoms with Gasteiger partial charge in [-0.15, -0.1) is 0 Å². The first kappa shape index (κ1) is 29.2. The van der Waals surface area contributed by atoms with Crippen molar-refractivity contribution in [2.75, 3.05) is 6.61 Å². The Morgan fingerprint density at radius 3 is 2.40 bits per heavy atom. The molecular formula is C30H30O12. The van der Waals surface area contributed by atoms with E-state index in [-0.39, 0.29) is 35.0 Å². The highest BCUT2D eigenvalue weighted by molar-refractivity contribution is 5.87. The van der Waals surface area contributed by atoms with Gasteiger partial charge in [0.05, 0.1) is 6.61 Å². The van der Waals surface area contributed by atoms with E-state index >= 15 is 0 Å². The van der Waals surface area contributed by atoms with Crippen molar-refractivity contribution in [1.29, 1.82) is 0 Å². The minimum Gasteiger partial charge on any atom is -0.508 e. The molecule has 0 amide bonds. The van der Waals surface area contributed by atoms with E-state index in [1.807, 2.05) is 6.07 Å². The first-order chi connectivity index (χ1) is 20.1. The van der Waals surface area contributed by atoms with Crippen molar-refractivity contribution < 1.29 is 59.5 Å². The second-order valence-corrected chi connectivity index (χ2v) is 9.96. The standard InChI is InChI=1S/C30H30O12/c31-14-24-26(37)27(38)29(42-25(36)9-6-15-4-2-1-3-5-15)30(41-24)40-23-13-18-20(34)11-17(32)12-22(18)39-28(23)16-7-8-19(33)21(35)10-16/h1-12,23-24,26-35,37-38H,13-14H2/b9-6-/t23-,24+,26+,27-,28+,29+,30+/m0/s1. The molecule has 12 heteroatoms. The van der Waals surface area contributed by atoms with Gasteiger partial charge in [-0.05, 0) is 29.3 Å². The molecule has 7 N–H and O–H groups in total. The maximum atomic E-state index is 12.7. The molecule has 0 aromatic heterocycles. The number of carbonyl (C=O) groups is 1. The molecule has 0 bridgehead atoms. The molecule has 0 aliphatic carbocycles. The number of phenolic OH excluding ortho intramolecular Hbond substituents is 4. The normalized spacial score (nSPS) is 27.3. The zero-order valence-electron chi connectivity index (χ0n) is 22.1. The molecule has 0 unspecified atom stereocenters. The third-order valence-electron chi connectivity index (χ3n) is 7.09. The summed E-state index contributed by atoms with van der Waals surface area (Å²) in [5.41, 5.74) is 1.32. The number of carbonyl (C=O) groups excluding carboxylic acids is 1. The summed E-state index contributed by atoms with van der Waals surface area (Å²) in [6.07, 6.45) is -7.18. The first-order valence-corrected chi connectivity index (χ1v) is 13.1. The van der Waals surface area contributed by atoms with Crippen LogP contribution >= 0.6 is 0 Å². The smallest absolute Gasteiger partial charge is 0.331 e. The Bertz CT molecular complexity index is 1440. The van der Waals surface area contributed by atoms with E-state index in [4.69, 9.17) is 18.9 Å². The lowest BCUT2D eigenvalue weighted by atomic mass is 9.93. The average molecular weight is 583 g/mol. The van der Waals surface area contributed by atoms with Crippen LogP contribution in [0.2, 0.25) is 0 Å². The number of aromatic hydroxyl groups is 4. The van der Waals surface area contributed by atoms with Gasteiger partial charge in [-0.25, -0.2) is 4.79 Å². The Morgan fingerprint density at radius 1 is 0.929 bits per heavy atom. The van der Waals surface area contributed by atoms with Gasteiger partial charge in [-0.3, -0.25) is 0 Å². The highest BCUT2D eigenvalue weighted by atomic mass is 16.7. The fourth-order valence-corrected chi connectivity index (χ4v) is 4.93. The third-order valence-corrected chi connectivity index (χ3v) is 7.09. The van der Waals surface area contributed by atoms with Crippen molar-refractivity contribution in [2.24, 2.45) is 0 Å². The monoisotopic (exact) mass is 582 g/mol. The fraction of sp³-hybridized carbons (Fsp3) is 0.300. The Labute approximate surface area is 239 Å². The highest BCUT2D eigenvalue weighted by Gasteiger charge is 2.49. The number of hydrogen-bond donors (Lipinski definition) is 7. The lowest BCUT2D eigenvalue weighted by Gasteiger charge is -2.44. The van der Waals surface area contributed by atoms with Gasteiger partial charge < -0.3 is 54.7 Å². The van der Waals surface area contributed by atoms with Gasteiger partial charge in [0.1, 0.15) is 41.7 Å². The minimum atomic E-state index is -1.71. The van der Waals surface area contributed by atoms with Crippen molar-refractivity contribution in [1.82, 2.24) is 0 Å². The molecule has 5 rings (SSSR count). The second kappa shape index (κ2) is 12.3. The summed E-state index contributed by atoms with van der Waals surface area (Å²) in [5.74, 6) is -2.10. The molecule has 222 valence electrons. The third kappa shape index (κ3) is 6.12. The first-order valence-electron chi connectivity index (χ1n) is 13.1. The van der Waals surface area contributed by atoms with Gasteiger partial charge in [0.15, 0.2) is 30.0 Å². The van der Waals surface area contributed by atoms with Gasteiger partial charge in [0.2, 0.25) is 0 Å². The average Bonchev–Trinajstić information content (AvgIpc) is 2.97. The van der Waals surface area contributed by atoms with Crippen LogP contribution < -0.4 is 4.74 Å². The molecule has 7 atom stereocenters. The minimum absolute atomic E-state index is 0.0371. The fourth-order valence-electron chi connectivity index (χ4n) is 4.93. The molecule has 2 aliphatic rings. The highest BCUT2D eigenvalue weighted by Crippen LogP contribution is 2.44. The van der Waals surface area contributed by atoms with Crippen LogP contribution in [-0.2, 0) is 25.4 Å². The summed E-state index contributed by atoms with van der Waals surface area (Å²) in [7, 11) is 0. The number of esters is 1. The summed E-state index contributed by atoms with van der Waals surface area (Å²) in [6, 6.07) is 15.3. The predicted molar refractivity (Wildman–Crippen MR) is 145 cm³/mol. The molecule has 2 heterocycles. The Kier molecular flexibility index (Phi) is 8.52. The molecular weight excluding hydrogens is 552 g/mol.